The molecule has 1 aliphatic heterocycles. The molecule has 0 aliphatic carbocycles. The van der Waals surface area contributed by atoms with E-state index in [0.29, 0.717) is 18.6 Å². The Morgan fingerprint density at radius 3 is 2.52 bits per heavy atom. The van der Waals surface area contributed by atoms with E-state index in [1.165, 1.54) is 36.1 Å². The van der Waals surface area contributed by atoms with Crippen molar-refractivity contribution < 1.29 is 0 Å². The van der Waals surface area contributed by atoms with Gasteiger partial charge in [-0.25, -0.2) is 0 Å². The zero-order chi connectivity index (χ0) is 15.4. The van der Waals surface area contributed by atoms with Crippen LogP contribution < -0.4 is 5.73 Å². The number of likely N-dealkylation sites (N-methyl/N-ethyl adjacent to an activating group) is 2. The van der Waals surface area contributed by atoms with Gasteiger partial charge in [0, 0.05) is 25.2 Å². The Morgan fingerprint density at radius 2 is 1.95 bits per heavy atom. The Kier molecular flexibility index (Phi) is 5.80. The van der Waals surface area contributed by atoms with E-state index < -0.39 is 0 Å². The molecule has 0 amide bonds. The van der Waals surface area contributed by atoms with Crippen LogP contribution in [0, 0.1) is 13.8 Å². The van der Waals surface area contributed by atoms with E-state index in [-0.39, 0.29) is 0 Å². The molecule has 2 unspecified atom stereocenters. The lowest BCUT2D eigenvalue weighted by atomic mass is 10.00. The van der Waals surface area contributed by atoms with Crippen LogP contribution in [0.5, 0.6) is 0 Å². The van der Waals surface area contributed by atoms with E-state index in [0.717, 1.165) is 13.1 Å². The lowest BCUT2D eigenvalue weighted by Gasteiger charge is -2.33. The first-order valence-corrected chi connectivity index (χ1v) is 8.27. The van der Waals surface area contributed by atoms with E-state index in [1.54, 1.807) is 0 Å². The number of hydrogen-bond acceptors (Lipinski definition) is 3. The third-order valence-corrected chi connectivity index (χ3v) is 4.79. The van der Waals surface area contributed by atoms with Crippen molar-refractivity contribution >= 4 is 0 Å². The van der Waals surface area contributed by atoms with Crippen molar-refractivity contribution in [2.75, 3.05) is 33.2 Å². The summed E-state index contributed by atoms with van der Waals surface area (Å²) in [6.07, 6.45) is 2.66. The summed E-state index contributed by atoms with van der Waals surface area (Å²) in [7, 11) is 2.22. The average molecular weight is 289 g/mol. The molecule has 1 aromatic carbocycles. The fraction of sp³-hybridized carbons (Fsp3) is 0.667. The number of hydrogen-bond donors (Lipinski definition) is 1. The monoisotopic (exact) mass is 289 g/mol. The van der Waals surface area contributed by atoms with Gasteiger partial charge in [-0.1, -0.05) is 36.2 Å². The predicted octanol–water partition coefficient (Wildman–Crippen LogP) is 2.72. The smallest absolute Gasteiger partial charge is 0.0468 e. The summed E-state index contributed by atoms with van der Waals surface area (Å²) in [6.45, 7) is 10.8. The van der Waals surface area contributed by atoms with Crippen LogP contribution >= 0.6 is 0 Å². The predicted molar refractivity (Wildman–Crippen MR) is 90.6 cm³/mol. The van der Waals surface area contributed by atoms with Crippen LogP contribution in [0.1, 0.15) is 42.5 Å². The molecule has 1 aromatic rings. The summed E-state index contributed by atoms with van der Waals surface area (Å²) < 4.78 is 0. The maximum atomic E-state index is 6.09. The normalized spacial score (nSPS) is 21.1. The summed E-state index contributed by atoms with van der Waals surface area (Å²) in [6, 6.07) is 7.82. The van der Waals surface area contributed by atoms with Gasteiger partial charge in [0.25, 0.3) is 0 Å². The Balaban J connectivity index is 2.09. The van der Waals surface area contributed by atoms with Gasteiger partial charge >= 0.3 is 0 Å². The van der Waals surface area contributed by atoms with Crippen LogP contribution in [0.15, 0.2) is 18.2 Å². The van der Waals surface area contributed by atoms with Crippen molar-refractivity contribution in [3.05, 3.63) is 34.9 Å². The summed E-state index contributed by atoms with van der Waals surface area (Å²) in [5, 5.41) is 0. The van der Waals surface area contributed by atoms with E-state index in [4.69, 9.17) is 5.73 Å². The molecule has 2 atom stereocenters. The minimum atomic E-state index is 0.322. The quantitative estimate of drug-likeness (QED) is 0.874. The van der Waals surface area contributed by atoms with Crippen LogP contribution in [0.25, 0.3) is 0 Å². The van der Waals surface area contributed by atoms with E-state index in [1.807, 2.05) is 0 Å². The maximum absolute atomic E-state index is 6.09. The second-order valence-electron chi connectivity index (χ2n) is 6.54. The van der Waals surface area contributed by atoms with Crippen molar-refractivity contribution in [3.63, 3.8) is 0 Å². The average Bonchev–Trinajstić information content (AvgIpc) is 2.85. The molecular formula is C18H31N3. The molecule has 1 saturated heterocycles. The number of nitrogens with zero attached hydrogens (tertiary/aromatic N) is 2. The molecule has 3 nitrogen and oxygen atoms in total. The maximum Gasteiger partial charge on any atom is 0.0468 e. The fourth-order valence-electron chi connectivity index (χ4n) is 3.75. The second kappa shape index (κ2) is 7.39. The minimum Gasteiger partial charge on any atom is -0.329 e. The molecule has 2 N–H and O–H groups in total. The van der Waals surface area contributed by atoms with Crippen LogP contribution in [-0.4, -0.2) is 49.1 Å². The van der Waals surface area contributed by atoms with Crippen molar-refractivity contribution in [1.29, 1.82) is 0 Å². The lowest BCUT2D eigenvalue weighted by molar-refractivity contribution is 0.166. The molecule has 1 heterocycles. The number of benzene rings is 1. The first-order chi connectivity index (χ1) is 10.0. The highest BCUT2D eigenvalue weighted by molar-refractivity contribution is 5.31. The molecule has 0 bridgehead atoms. The molecule has 118 valence electrons. The van der Waals surface area contributed by atoms with Crippen LogP contribution in [0.4, 0.5) is 0 Å². The van der Waals surface area contributed by atoms with Crippen molar-refractivity contribution in [2.45, 2.75) is 45.7 Å². The minimum absolute atomic E-state index is 0.322. The highest BCUT2D eigenvalue weighted by Gasteiger charge is 2.26. The molecule has 0 radical (unpaired) electrons. The fourth-order valence-corrected chi connectivity index (χ4v) is 3.75. The summed E-state index contributed by atoms with van der Waals surface area (Å²) >= 11 is 0. The summed E-state index contributed by atoms with van der Waals surface area (Å²) in [5.74, 6) is 0. The molecule has 1 fully saturated rings. The first-order valence-electron chi connectivity index (χ1n) is 8.27. The topological polar surface area (TPSA) is 32.5 Å². The highest BCUT2D eigenvalue weighted by atomic mass is 15.2. The molecule has 2 rings (SSSR count). The van der Waals surface area contributed by atoms with Gasteiger partial charge in [0.05, 0.1) is 0 Å². The zero-order valence-corrected chi connectivity index (χ0v) is 14.1. The third kappa shape index (κ3) is 4.06. The van der Waals surface area contributed by atoms with Crippen molar-refractivity contribution in [1.82, 2.24) is 9.80 Å². The SMILES string of the molecule is CCN1CCCC1CN(C)C(CN)c1cc(C)cc(C)c1. The Hall–Kier alpha value is -0.900. The van der Waals surface area contributed by atoms with Gasteiger partial charge in [-0.15, -0.1) is 0 Å². The molecule has 3 heteroatoms. The largest absolute Gasteiger partial charge is 0.329 e. The molecule has 0 spiro atoms. The number of aryl methyl sites for hydroxylation is 2. The van der Waals surface area contributed by atoms with Gasteiger partial charge in [-0.3, -0.25) is 9.80 Å². The lowest BCUT2D eigenvalue weighted by Crippen LogP contribution is -2.41. The highest BCUT2D eigenvalue weighted by Crippen LogP contribution is 2.24. The number of nitrogens with two attached hydrogens (primary N) is 1. The van der Waals surface area contributed by atoms with E-state index in [9.17, 15) is 0 Å². The van der Waals surface area contributed by atoms with E-state index in [2.05, 4.69) is 55.8 Å². The van der Waals surface area contributed by atoms with Gasteiger partial charge in [-0.05, 0) is 52.4 Å². The Morgan fingerprint density at radius 1 is 1.29 bits per heavy atom. The van der Waals surface area contributed by atoms with Gasteiger partial charge < -0.3 is 5.73 Å². The Labute approximate surface area is 130 Å². The third-order valence-electron chi connectivity index (χ3n) is 4.79. The number of rotatable bonds is 6. The molecular weight excluding hydrogens is 258 g/mol. The molecule has 21 heavy (non-hydrogen) atoms. The Bertz CT molecular complexity index is 438. The van der Waals surface area contributed by atoms with Gasteiger partial charge in [-0.2, -0.15) is 0 Å². The second-order valence-corrected chi connectivity index (χ2v) is 6.54. The molecule has 0 saturated carbocycles. The summed E-state index contributed by atoms with van der Waals surface area (Å²) in [4.78, 5) is 5.05. The van der Waals surface area contributed by atoms with Gasteiger partial charge in [0.2, 0.25) is 0 Å². The van der Waals surface area contributed by atoms with Crippen LogP contribution in [0.3, 0.4) is 0 Å². The van der Waals surface area contributed by atoms with E-state index >= 15 is 0 Å². The van der Waals surface area contributed by atoms with Gasteiger partial charge in [0.15, 0.2) is 0 Å². The van der Waals surface area contributed by atoms with Crippen molar-refractivity contribution in [3.8, 4) is 0 Å². The zero-order valence-electron chi connectivity index (χ0n) is 14.1. The number of likely N-dealkylation sites (tertiary alicyclic amines) is 1. The first kappa shape index (κ1) is 16.5. The standard InChI is InChI=1S/C18H31N3/c1-5-21-8-6-7-17(21)13-20(4)18(12-19)16-10-14(2)9-15(3)11-16/h9-11,17-18H,5-8,12-13,19H2,1-4H3. The molecule has 0 aromatic heterocycles. The van der Waals surface area contributed by atoms with Crippen molar-refractivity contribution in [2.24, 2.45) is 5.73 Å². The molecule has 1 aliphatic rings. The van der Waals surface area contributed by atoms with Crippen LogP contribution in [-0.2, 0) is 0 Å². The summed E-state index contributed by atoms with van der Waals surface area (Å²) in [5.41, 5.74) is 10.1. The van der Waals surface area contributed by atoms with Crippen LogP contribution in [0.2, 0.25) is 0 Å². The van der Waals surface area contributed by atoms with Gasteiger partial charge in [0.1, 0.15) is 0 Å².